The molecule has 8 nitrogen and oxygen atoms in total. The van der Waals surface area contributed by atoms with E-state index in [1.54, 1.807) is 18.2 Å². The molecule has 1 unspecified atom stereocenters. The van der Waals surface area contributed by atoms with Gasteiger partial charge in [0.15, 0.2) is 0 Å². The smallest absolute Gasteiger partial charge is 0.417 e. The number of nitrogens with one attached hydrogen (secondary N) is 3. The van der Waals surface area contributed by atoms with Crippen molar-refractivity contribution in [3.05, 3.63) is 47.7 Å². The highest BCUT2D eigenvalue weighted by Crippen LogP contribution is 2.28. The molecule has 0 aliphatic heterocycles. The topological polar surface area (TPSA) is 102 Å². The average Bonchev–Trinajstić information content (AvgIpc) is 2.81. The molecule has 0 saturated heterocycles. The van der Waals surface area contributed by atoms with Gasteiger partial charge in [-0.3, -0.25) is 9.59 Å². The van der Waals surface area contributed by atoms with Crippen molar-refractivity contribution in [2.24, 2.45) is 5.92 Å². The molecule has 2 amide bonds. The molecular weight excluding hydrogens is 453 g/mol. The summed E-state index contributed by atoms with van der Waals surface area (Å²) in [4.78, 5) is 29.1. The Bertz CT molecular complexity index is 943. The predicted octanol–water partition coefficient (Wildman–Crippen LogP) is 3.49. The van der Waals surface area contributed by atoms with Gasteiger partial charge in [-0.05, 0) is 36.6 Å². The molecule has 1 aromatic carbocycles. The first-order chi connectivity index (χ1) is 16.0. The number of halogens is 3. The summed E-state index contributed by atoms with van der Waals surface area (Å²) in [6.07, 6.45) is -3.17. The summed E-state index contributed by atoms with van der Waals surface area (Å²) in [5.41, 5.74) is -0.526. The molecule has 0 aliphatic carbocycles. The Kier molecular flexibility index (Phi) is 9.52. The van der Waals surface area contributed by atoms with Crippen molar-refractivity contribution in [3.63, 3.8) is 0 Å². The van der Waals surface area contributed by atoms with Gasteiger partial charge >= 0.3 is 6.18 Å². The number of carbonyl (C=O) groups excluding carboxylic acids is 2. The second kappa shape index (κ2) is 12.1. The van der Waals surface area contributed by atoms with E-state index in [4.69, 9.17) is 9.47 Å². The van der Waals surface area contributed by atoms with Gasteiger partial charge in [0.2, 0.25) is 5.91 Å². The van der Waals surface area contributed by atoms with E-state index in [-0.39, 0.29) is 11.8 Å². The lowest BCUT2D eigenvalue weighted by molar-refractivity contribution is -0.137. The summed E-state index contributed by atoms with van der Waals surface area (Å²) in [6.45, 7) is 4.32. The molecule has 1 atom stereocenters. The molecule has 0 spiro atoms. The zero-order valence-corrected chi connectivity index (χ0v) is 19.5. The van der Waals surface area contributed by atoms with Crippen LogP contribution >= 0.6 is 0 Å². The Hall–Kier alpha value is -3.50. The van der Waals surface area contributed by atoms with Crippen LogP contribution in [0.3, 0.4) is 0 Å². The van der Waals surface area contributed by atoms with Crippen LogP contribution in [0.4, 0.5) is 19.0 Å². The maximum Gasteiger partial charge on any atom is 0.417 e. The van der Waals surface area contributed by atoms with Crippen molar-refractivity contribution < 1.29 is 32.2 Å². The van der Waals surface area contributed by atoms with Crippen LogP contribution in [-0.4, -0.2) is 50.1 Å². The van der Waals surface area contributed by atoms with E-state index in [9.17, 15) is 22.8 Å². The number of anilines is 1. The average molecular weight is 483 g/mol. The third-order valence-corrected chi connectivity index (χ3v) is 4.90. The van der Waals surface area contributed by atoms with Gasteiger partial charge in [-0.2, -0.15) is 13.2 Å². The van der Waals surface area contributed by atoms with Crippen molar-refractivity contribution in [2.45, 2.75) is 32.5 Å². The Labute approximate surface area is 196 Å². The molecule has 3 N–H and O–H groups in total. The normalized spacial score (nSPS) is 12.1. The zero-order valence-electron chi connectivity index (χ0n) is 19.5. The van der Waals surface area contributed by atoms with Crippen molar-refractivity contribution in [2.75, 3.05) is 32.6 Å². The maximum absolute atomic E-state index is 12.7. The second-order valence-corrected chi connectivity index (χ2v) is 7.80. The van der Waals surface area contributed by atoms with Crippen LogP contribution in [0.2, 0.25) is 0 Å². The third-order valence-electron chi connectivity index (χ3n) is 4.90. The molecule has 0 radical (unpaired) electrons. The largest absolute Gasteiger partial charge is 0.497 e. The number of hydrogen-bond acceptors (Lipinski definition) is 6. The van der Waals surface area contributed by atoms with E-state index in [0.29, 0.717) is 42.4 Å². The number of amides is 2. The van der Waals surface area contributed by atoms with Gasteiger partial charge in [0.25, 0.3) is 5.91 Å². The van der Waals surface area contributed by atoms with Crippen molar-refractivity contribution >= 4 is 17.6 Å². The number of methoxy groups -OCH3 is 2. The number of nitrogens with zero attached hydrogens (tertiary/aromatic N) is 1. The molecule has 0 fully saturated rings. The zero-order chi connectivity index (χ0) is 25.3. The van der Waals surface area contributed by atoms with Crippen LogP contribution in [0.25, 0.3) is 0 Å². The highest BCUT2D eigenvalue weighted by molar-refractivity contribution is 5.98. The summed E-state index contributed by atoms with van der Waals surface area (Å²) in [5.74, 6) is 0.244. The van der Waals surface area contributed by atoms with Crippen LogP contribution in [-0.2, 0) is 11.0 Å². The quantitative estimate of drug-likeness (QED) is 0.424. The molecule has 0 bridgehead atoms. The van der Waals surface area contributed by atoms with E-state index in [0.717, 1.165) is 12.3 Å². The SMILES string of the molecule is COc1cc(OC)cc(C(=O)NC(C(=O)NCCCNc2ccc(C(F)(F)F)cn2)C(C)C)c1. The minimum Gasteiger partial charge on any atom is -0.497 e. The number of carbonyl (C=O) groups is 2. The van der Waals surface area contributed by atoms with Gasteiger partial charge in [-0.15, -0.1) is 0 Å². The fourth-order valence-corrected chi connectivity index (χ4v) is 2.99. The minimum absolute atomic E-state index is 0.175. The molecule has 2 rings (SSSR count). The summed E-state index contributed by atoms with van der Waals surface area (Å²) >= 11 is 0. The number of pyridine rings is 1. The number of alkyl halides is 3. The van der Waals surface area contributed by atoms with Crippen LogP contribution in [0.1, 0.15) is 36.2 Å². The lowest BCUT2D eigenvalue weighted by atomic mass is 10.0. The first kappa shape index (κ1) is 26.7. The maximum atomic E-state index is 12.7. The summed E-state index contributed by atoms with van der Waals surface area (Å²) < 4.78 is 48.1. The molecular formula is C23H29F3N4O4. The Morgan fingerprint density at radius 2 is 1.68 bits per heavy atom. The highest BCUT2D eigenvalue weighted by atomic mass is 19.4. The Morgan fingerprint density at radius 3 is 2.18 bits per heavy atom. The van der Waals surface area contributed by atoms with Crippen molar-refractivity contribution in [1.82, 2.24) is 15.6 Å². The third kappa shape index (κ3) is 7.82. The molecule has 34 heavy (non-hydrogen) atoms. The molecule has 0 saturated carbocycles. The van der Waals surface area contributed by atoms with Crippen molar-refractivity contribution in [1.29, 1.82) is 0 Å². The monoisotopic (exact) mass is 482 g/mol. The van der Waals surface area contributed by atoms with Crippen LogP contribution in [0, 0.1) is 5.92 Å². The lowest BCUT2D eigenvalue weighted by Crippen LogP contribution is -2.50. The van der Waals surface area contributed by atoms with Crippen LogP contribution in [0.5, 0.6) is 11.5 Å². The van der Waals surface area contributed by atoms with Gasteiger partial charge in [0, 0.05) is 30.9 Å². The lowest BCUT2D eigenvalue weighted by Gasteiger charge is -2.22. The van der Waals surface area contributed by atoms with Gasteiger partial charge in [0.1, 0.15) is 23.4 Å². The fraction of sp³-hybridized carbons (Fsp3) is 0.435. The molecule has 1 aromatic heterocycles. The number of rotatable bonds is 11. The number of ether oxygens (including phenoxy) is 2. The number of aromatic nitrogens is 1. The van der Waals surface area contributed by atoms with Gasteiger partial charge < -0.3 is 25.4 Å². The Morgan fingerprint density at radius 1 is 1.03 bits per heavy atom. The van der Waals surface area contributed by atoms with Crippen molar-refractivity contribution in [3.8, 4) is 11.5 Å². The van der Waals surface area contributed by atoms with E-state index in [2.05, 4.69) is 20.9 Å². The number of benzene rings is 1. The standard InChI is InChI=1S/C23H29F3N4O4/c1-14(2)20(30-21(31)15-10-17(33-3)12-18(11-15)34-4)22(32)28-9-5-8-27-19-7-6-16(13-29-19)23(24,25)26/h6-7,10-14,20H,5,8-9H2,1-4H3,(H,27,29)(H,28,32)(H,30,31). The summed E-state index contributed by atoms with van der Waals surface area (Å²) in [6, 6.07) is 6.17. The summed E-state index contributed by atoms with van der Waals surface area (Å²) in [5, 5.41) is 8.41. The first-order valence-corrected chi connectivity index (χ1v) is 10.6. The van der Waals surface area contributed by atoms with E-state index < -0.39 is 23.7 Å². The molecule has 186 valence electrons. The highest BCUT2D eigenvalue weighted by Gasteiger charge is 2.30. The molecule has 2 aromatic rings. The van der Waals surface area contributed by atoms with E-state index >= 15 is 0 Å². The molecule has 11 heteroatoms. The van der Waals surface area contributed by atoms with Crippen LogP contribution < -0.4 is 25.4 Å². The minimum atomic E-state index is -4.43. The fourth-order valence-electron chi connectivity index (χ4n) is 2.99. The first-order valence-electron chi connectivity index (χ1n) is 10.6. The second-order valence-electron chi connectivity index (χ2n) is 7.80. The predicted molar refractivity (Wildman–Crippen MR) is 121 cm³/mol. The summed E-state index contributed by atoms with van der Waals surface area (Å²) in [7, 11) is 2.95. The number of hydrogen-bond donors (Lipinski definition) is 3. The van der Waals surface area contributed by atoms with E-state index in [1.807, 2.05) is 13.8 Å². The van der Waals surface area contributed by atoms with Crippen LogP contribution in [0.15, 0.2) is 36.5 Å². The van der Waals surface area contributed by atoms with Gasteiger partial charge in [0.05, 0.1) is 19.8 Å². The van der Waals surface area contributed by atoms with Gasteiger partial charge in [-0.25, -0.2) is 4.98 Å². The van der Waals surface area contributed by atoms with E-state index in [1.165, 1.54) is 20.3 Å². The molecule has 1 heterocycles. The van der Waals surface area contributed by atoms with Gasteiger partial charge in [-0.1, -0.05) is 13.8 Å². The molecule has 0 aliphatic rings. The Balaban J connectivity index is 1.85.